The minimum absolute atomic E-state index is 0. The van der Waals surface area contributed by atoms with E-state index in [2.05, 4.69) is 10.1 Å². The van der Waals surface area contributed by atoms with Crippen LogP contribution in [-0.2, 0) is 0 Å². The molecule has 156 valence electrons. The standard InChI is InChI=1S/C18H18F4N2O2.2ClH/c19-15-3-1-2-14(17(15)25)16(24-10-8-23-9-11-24)12-4-6-13(7-5-12)26-18(20,21)22;;/h1-7,16,23,25H,8-11H2;2*1H/t16-;;/m1../s1. The molecule has 2 aromatic carbocycles. The Morgan fingerprint density at radius 3 is 2.18 bits per heavy atom. The third kappa shape index (κ3) is 5.88. The molecular weight excluding hydrogens is 423 g/mol. The Morgan fingerprint density at radius 2 is 1.61 bits per heavy atom. The summed E-state index contributed by atoms with van der Waals surface area (Å²) >= 11 is 0. The summed E-state index contributed by atoms with van der Waals surface area (Å²) in [6.45, 7) is 2.76. The van der Waals surface area contributed by atoms with Crippen LogP contribution in [0.25, 0.3) is 0 Å². The number of hydrogen-bond donors (Lipinski definition) is 2. The molecule has 28 heavy (non-hydrogen) atoms. The van der Waals surface area contributed by atoms with Crippen LogP contribution in [-0.4, -0.2) is 42.5 Å². The molecule has 1 atom stereocenters. The van der Waals surface area contributed by atoms with Crippen molar-refractivity contribution in [2.24, 2.45) is 0 Å². The highest BCUT2D eigenvalue weighted by molar-refractivity contribution is 5.85. The maximum atomic E-state index is 13.8. The number of alkyl halides is 3. The van der Waals surface area contributed by atoms with E-state index in [1.54, 1.807) is 6.07 Å². The Bertz CT molecular complexity index is 754. The van der Waals surface area contributed by atoms with Crippen molar-refractivity contribution < 1.29 is 27.4 Å². The minimum atomic E-state index is -4.76. The van der Waals surface area contributed by atoms with Crippen LogP contribution in [0.1, 0.15) is 17.2 Å². The van der Waals surface area contributed by atoms with Crippen molar-refractivity contribution in [1.82, 2.24) is 10.2 Å². The van der Waals surface area contributed by atoms with Crippen molar-refractivity contribution in [3.8, 4) is 11.5 Å². The lowest BCUT2D eigenvalue weighted by atomic mass is 9.95. The highest BCUT2D eigenvalue weighted by Gasteiger charge is 2.31. The number of ether oxygens (including phenoxy) is 1. The molecular formula is C18H20Cl2F4N2O2. The number of rotatable bonds is 4. The number of para-hydroxylation sites is 1. The first-order chi connectivity index (χ1) is 12.3. The number of phenolic OH excluding ortho intramolecular Hbond substituents is 1. The molecule has 0 bridgehead atoms. The number of halogens is 6. The minimum Gasteiger partial charge on any atom is -0.505 e. The quantitative estimate of drug-likeness (QED) is 0.694. The molecule has 0 spiro atoms. The van der Waals surface area contributed by atoms with E-state index >= 15 is 0 Å². The second-order valence-electron chi connectivity index (χ2n) is 5.98. The second-order valence-corrected chi connectivity index (χ2v) is 5.98. The molecule has 0 amide bonds. The molecule has 0 unspecified atom stereocenters. The predicted octanol–water partition coefficient (Wildman–Crippen LogP) is 4.27. The third-order valence-corrected chi connectivity index (χ3v) is 4.26. The first-order valence-electron chi connectivity index (χ1n) is 8.13. The van der Waals surface area contributed by atoms with E-state index in [4.69, 9.17) is 0 Å². The van der Waals surface area contributed by atoms with Crippen LogP contribution >= 0.6 is 24.8 Å². The van der Waals surface area contributed by atoms with Gasteiger partial charge >= 0.3 is 6.36 Å². The van der Waals surface area contributed by atoms with Crippen LogP contribution in [0.2, 0.25) is 0 Å². The highest BCUT2D eigenvalue weighted by Crippen LogP contribution is 2.36. The monoisotopic (exact) mass is 442 g/mol. The molecule has 1 aliphatic heterocycles. The summed E-state index contributed by atoms with van der Waals surface area (Å²) in [5.74, 6) is -1.52. The number of nitrogens with zero attached hydrogens (tertiary/aromatic N) is 1. The molecule has 10 heteroatoms. The number of hydrogen-bond acceptors (Lipinski definition) is 4. The molecule has 0 aromatic heterocycles. The number of benzene rings is 2. The van der Waals surface area contributed by atoms with Crippen molar-refractivity contribution in [3.63, 3.8) is 0 Å². The Morgan fingerprint density at radius 1 is 1.00 bits per heavy atom. The van der Waals surface area contributed by atoms with Gasteiger partial charge in [0.2, 0.25) is 0 Å². The lowest BCUT2D eigenvalue weighted by Gasteiger charge is -2.35. The summed E-state index contributed by atoms with van der Waals surface area (Å²) in [7, 11) is 0. The van der Waals surface area contributed by atoms with Crippen molar-refractivity contribution in [1.29, 1.82) is 0 Å². The fourth-order valence-electron chi connectivity index (χ4n) is 3.13. The molecule has 1 heterocycles. The smallest absolute Gasteiger partial charge is 0.505 e. The molecule has 1 fully saturated rings. The van der Waals surface area contributed by atoms with Gasteiger partial charge in [0.05, 0.1) is 6.04 Å². The fourth-order valence-corrected chi connectivity index (χ4v) is 3.13. The zero-order valence-corrected chi connectivity index (χ0v) is 16.2. The highest BCUT2D eigenvalue weighted by atomic mass is 35.5. The summed E-state index contributed by atoms with van der Waals surface area (Å²) in [5.41, 5.74) is 1.01. The lowest BCUT2D eigenvalue weighted by Crippen LogP contribution is -2.45. The van der Waals surface area contributed by atoms with Crippen molar-refractivity contribution in [3.05, 3.63) is 59.4 Å². The van der Waals surface area contributed by atoms with Gasteiger partial charge in [0.25, 0.3) is 0 Å². The number of piperazine rings is 1. The van der Waals surface area contributed by atoms with E-state index in [1.807, 2.05) is 4.90 Å². The maximum absolute atomic E-state index is 13.8. The van der Waals surface area contributed by atoms with Crippen LogP contribution in [0.4, 0.5) is 17.6 Å². The average Bonchev–Trinajstić information content (AvgIpc) is 2.60. The number of phenols is 1. The van der Waals surface area contributed by atoms with E-state index in [9.17, 15) is 22.7 Å². The zero-order chi connectivity index (χ0) is 18.7. The molecule has 2 N–H and O–H groups in total. The molecule has 4 nitrogen and oxygen atoms in total. The molecule has 1 aliphatic rings. The van der Waals surface area contributed by atoms with E-state index in [0.29, 0.717) is 24.2 Å². The van der Waals surface area contributed by atoms with Crippen LogP contribution in [0.5, 0.6) is 11.5 Å². The molecule has 0 radical (unpaired) electrons. The second kappa shape index (κ2) is 10.2. The Hall–Kier alpha value is -1.74. The number of aromatic hydroxyl groups is 1. The lowest BCUT2D eigenvalue weighted by molar-refractivity contribution is -0.274. The van der Waals surface area contributed by atoms with Crippen molar-refractivity contribution >= 4 is 24.8 Å². The summed E-state index contributed by atoms with van der Waals surface area (Å²) < 4.78 is 54.8. The van der Waals surface area contributed by atoms with E-state index in [1.165, 1.54) is 30.3 Å². The normalized spacial score (nSPS) is 15.9. The van der Waals surface area contributed by atoms with Gasteiger partial charge in [0, 0.05) is 31.7 Å². The van der Waals surface area contributed by atoms with Gasteiger partial charge in [-0.15, -0.1) is 38.0 Å². The largest absolute Gasteiger partial charge is 0.573 e. The van der Waals surface area contributed by atoms with Gasteiger partial charge in [-0.1, -0.05) is 24.3 Å². The summed E-state index contributed by atoms with van der Waals surface area (Å²) in [4.78, 5) is 2.05. The van der Waals surface area contributed by atoms with Crippen molar-refractivity contribution in [2.75, 3.05) is 26.2 Å². The molecule has 1 saturated heterocycles. The first kappa shape index (κ1) is 24.3. The summed E-state index contributed by atoms with van der Waals surface area (Å²) in [5, 5.41) is 13.4. The molecule has 3 rings (SSSR count). The Kier molecular flexibility index (Phi) is 8.81. The van der Waals surface area contributed by atoms with Gasteiger partial charge in [-0.05, 0) is 23.8 Å². The average molecular weight is 443 g/mol. The van der Waals surface area contributed by atoms with Gasteiger partial charge in [-0.25, -0.2) is 4.39 Å². The fraction of sp³-hybridized carbons (Fsp3) is 0.333. The Labute approximate surface area is 172 Å². The molecule has 0 aliphatic carbocycles. The third-order valence-electron chi connectivity index (χ3n) is 4.26. The van der Waals surface area contributed by atoms with Gasteiger partial charge < -0.3 is 15.2 Å². The van der Waals surface area contributed by atoms with Crippen molar-refractivity contribution in [2.45, 2.75) is 12.4 Å². The number of nitrogens with one attached hydrogen (secondary N) is 1. The van der Waals surface area contributed by atoms with Gasteiger partial charge in [0.1, 0.15) is 5.75 Å². The molecule has 0 saturated carbocycles. The summed E-state index contributed by atoms with van der Waals surface area (Å²) in [6.07, 6.45) is -4.76. The van der Waals surface area contributed by atoms with E-state index in [0.717, 1.165) is 19.2 Å². The van der Waals surface area contributed by atoms with Gasteiger partial charge in [0.15, 0.2) is 11.6 Å². The van der Waals surface area contributed by atoms with Crippen LogP contribution in [0.15, 0.2) is 42.5 Å². The zero-order valence-electron chi connectivity index (χ0n) is 14.6. The van der Waals surface area contributed by atoms with E-state index < -0.39 is 24.0 Å². The SMILES string of the molecule is Cl.Cl.Oc1c(F)cccc1[C@@H](c1ccc(OC(F)(F)F)cc1)N1CCNCC1. The molecule has 2 aromatic rings. The first-order valence-corrected chi connectivity index (χ1v) is 8.13. The van der Waals surface area contributed by atoms with Crippen LogP contribution < -0.4 is 10.1 Å². The van der Waals surface area contributed by atoms with Crippen LogP contribution in [0.3, 0.4) is 0 Å². The predicted molar refractivity (Wildman–Crippen MR) is 102 cm³/mol. The topological polar surface area (TPSA) is 44.7 Å². The summed E-state index contributed by atoms with van der Waals surface area (Å²) in [6, 6.07) is 9.23. The van der Waals surface area contributed by atoms with Gasteiger partial charge in [-0.3, -0.25) is 4.90 Å². The van der Waals surface area contributed by atoms with Gasteiger partial charge in [-0.2, -0.15) is 0 Å². The van der Waals surface area contributed by atoms with E-state index in [-0.39, 0.29) is 30.6 Å². The maximum Gasteiger partial charge on any atom is 0.573 e. The van der Waals surface area contributed by atoms with Crippen LogP contribution in [0, 0.1) is 5.82 Å². The Balaban J connectivity index is 0.00000196.